The van der Waals surface area contributed by atoms with Crippen LogP contribution in [-0.2, 0) is 0 Å². The van der Waals surface area contributed by atoms with E-state index in [4.69, 9.17) is 5.73 Å². The number of nitrogens with two attached hydrogens (primary N) is 1. The molecule has 90 valence electrons. The van der Waals surface area contributed by atoms with Crippen molar-refractivity contribution in [3.63, 3.8) is 0 Å². The molecule has 0 aliphatic rings. The lowest BCUT2D eigenvalue weighted by atomic mass is 9.98. The molecule has 0 fully saturated rings. The van der Waals surface area contributed by atoms with Crippen LogP contribution in [0.3, 0.4) is 0 Å². The Morgan fingerprint density at radius 2 is 1.82 bits per heavy atom. The van der Waals surface area contributed by atoms with Crippen molar-refractivity contribution in [2.24, 2.45) is 5.73 Å². The summed E-state index contributed by atoms with van der Waals surface area (Å²) < 4.78 is 2.26. The van der Waals surface area contributed by atoms with Crippen molar-refractivity contribution in [2.45, 2.75) is 19.9 Å². The third-order valence-corrected chi connectivity index (χ3v) is 5.34. The molecule has 0 saturated carbocycles. The zero-order chi connectivity index (χ0) is 12.6. The van der Waals surface area contributed by atoms with Gasteiger partial charge in [-0.05, 0) is 64.7 Å². The fourth-order valence-electron chi connectivity index (χ4n) is 1.79. The van der Waals surface area contributed by atoms with Crippen LogP contribution < -0.4 is 5.73 Å². The lowest BCUT2D eigenvalue weighted by Crippen LogP contribution is -2.12. The van der Waals surface area contributed by atoms with Crippen LogP contribution in [0.4, 0.5) is 0 Å². The Hall–Kier alpha value is -0.160. The zero-order valence-electron chi connectivity index (χ0n) is 9.63. The third kappa shape index (κ3) is 2.81. The van der Waals surface area contributed by atoms with E-state index in [1.807, 2.05) is 6.07 Å². The minimum atomic E-state index is -0.0434. The van der Waals surface area contributed by atoms with Crippen LogP contribution >= 0.6 is 43.2 Å². The predicted molar refractivity (Wildman–Crippen MR) is 81.7 cm³/mol. The molecule has 4 heteroatoms. The van der Waals surface area contributed by atoms with Gasteiger partial charge in [-0.15, -0.1) is 11.3 Å². The highest BCUT2D eigenvalue weighted by Crippen LogP contribution is 2.32. The van der Waals surface area contributed by atoms with E-state index in [9.17, 15) is 0 Å². The highest BCUT2D eigenvalue weighted by atomic mass is 79.9. The topological polar surface area (TPSA) is 26.0 Å². The SMILES string of the molecule is Cc1cc(C(N)c2ccc(Br)s2)c(C)cc1Br. The zero-order valence-corrected chi connectivity index (χ0v) is 13.6. The molecule has 2 N–H and O–H groups in total. The molecule has 1 aromatic heterocycles. The van der Waals surface area contributed by atoms with Gasteiger partial charge in [-0.3, -0.25) is 0 Å². The number of halogens is 2. The summed E-state index contributed by atoms with van der Waals surface area (Å²) in [5, 5.41) is 0. The number of hydrogen-bond acceptors (Lipinski definition) is 2. The highest BCUT2D eigenvalue weighted by molar-refractivity contribution is 9.11. The Bertz CT molecular complexity index is 548. The first kappa shape index (κ1) is 13.3. The lowest BCUT2D eigenvalue weighted by molar-refractivity contribution is 0.879. The summed E-state index contributed by atoms with van der Waals surface area (Å²) in [6.45, 7) is 4.19. The smallest absolute Gasteiger partial charge is 0.0702 e. The fourth-order valence-corrected chi connectivity index (χ4v) is 3.69. The Balaban J connectivity index is 2.43. The second-order valence-corrected chi connectivity index (χ2v) is 7.43. The summed E-state index contributed by atoms with van der Waals surface area (Å²) in [7, 11) is 0. The molecule has 1 unspecified atom stereocenters. The maximum Gasteiger partial charge on any atom is 0.0702 e. The van der Waals surface area contributed by atoms with Crippen LogP contribution in [0.2, 0.25) is 0 Å². The van der Waals surface area contributed by atoms with Crippen LogP contribution in [0.1, 0.15) is 27.6 Å². The average Bonchev–Trinajstić information content (AvgIpc) is 2.69. The van der Waals surface area contributed by atoms with Gasteiger partial charge in [-0.1, -0.05) is 22.0 Å². The quantitative estimate of drug-likeness (QED) is 0.791. The molecule has 1 heterocycles. The largest absolute Gasteiger partial charge is 0.320 e. The molecule has 0 aliphatic carbocycles. The Kier molecular flexibility index (Phi) is 4.08. The van der Waals surface area contributed by atoms with E-state index >= 15 is 0 Å². The Morgan fingerprint density at radius 1 is 1.12 bits per heavy atom. The minimum Gasteiger partial charge on any atom is -0.320 e. The normalized spacial score (nSPS) is 12.8. The van der Waals surface area contributed by atoms with Crippen molar-refractivity contribution >= 4 is 43.2 Å². The molecule has 0 aliphatic heterocycles. The fraction of sp³-hybridized carbons (Fsp3) is 0.231. The van der Waals surface area contributed by atoms with E-state index in [1.54, 1.807) is 11.3 Å². The van der Waals surface area contributed by atoms with Crippen molar-refractivity contribution in [2.75, 3.05) is 0 Å². The number of thiophene rings is 1. The standard InChI is InChI=1S/C13H13Br2NS/c1-7-6-10(14)8(2)5-9(7)13(16)11-3-4-12(15)17-11/h3-6,13H,16H2,1-2H3. The monoisotopic (exact) mass is 373 g/mol. The van der Waals surface area contributed by atoms with Crippen molar-refractivity contribution in [1.29, 1.82) is 0 Å². The molecule has 1 aromatic carbocycles. The molecule has 0 radical (unpaired) electrons. The van der Waals surface area contributed by atoms with Crippen molar-refractivity contribution in [1.82, 2.24) is 0 Å². The summed E-state index contributed by atoms with van der Waals surface area (Å²) in [5.41, 5.74) is 9.96. The second kappa shape index (κ2) is 5.22. The average molecular weight is 375 g/mol. The number of aryl methyl sites for hydroxylation is 2. The minimum absolute atomic E-state index is 0.0434. The van der Waals surface area contributed by atoms with Gasteiger partial charge in [0.25, 0.3) is 0 Å². The van der Waals surface area contributed by atoms with E-state index in [0.717, 1.165) is 8.26 Å². The van der Waals surface area contributed by atoms with Crippen LogP contribution in [0.15, 0.2) is 32.5 Å². The number of rotatable bonds is 2. The molecule has 1 nitrogen and oxygen atoms in total. The van der Waals surface area contributed by atoms with Crippen molar-refractivity contribution in [3.8, 4) is 0 Å². The number of hydrogen-bond donors (Lipinski definition) is 1. The van der Waals surface area contributed by atoms with E-state index in [2.05, 4.69) is 63.9 Å². The van der Waals surface area contributed by atoms with Gasteiger partial charge >= 0.3 is 0 Å². The van der Waals surface area contributed by atoms with Crippen LogP contribution in [0.5, 0.6) is 0 Å². The molecule has 2 rings (SSSR count). The van der Waals surface area contributed by atoms with Gasteiger partial charge in [0.1, 0.15) is 0 Å². The van der Waals surface area contributed by atoms with Gasteiger partial charge in [0.2, 0.25) is 0 Å². The number of benzene rings is 1. The molecule has 0 spiro atoms. The van der Waals surface area contributed by atoms with E-state index < -0.39 is 0 Å². The summed E-state index contributed by atoms with van der Waals surface area (Å²) >= 11 is 8.71. The molecule has 1 atom stereocenters. The van der Waals surface area contributed by atoms with E-state index in [1.165, 1.54) is 21.6 Å². The van der Waals surface area contributed by atoms with Crippen molar-refractivity contribution < 1.29 is 0 Å². The maximum atomic E-state index is 6.32. The first-order chi connectivity index (χ1) is 7.99. The van der Waals surface area contributed by atoms with Gasteiger partial charge in [-0.2, -0.15) is 0 Å². The molecular weight excluding hydrogens is 362 g/mol. The van der Waals surface area contributed by atoms with Gasteiger partial charge in [-0.25, -0.2) is 0 Å². The molecule has 0 amide bonds. The van der Waals surface area contributed by atoms with E-state index in [-0.39, 0.29) is 6.04 Å². The molecular formula is C13H13Br2NS. The predicted octanol–water partition coefficient (Wildman–Crippen LogP) is 4.94. The van der Waals surface area contributed by atoms with Gasteiger partial charge < -0.3 is 5.73 Å². The second-order valence-electron chi connectivity index (χ2n) is 4.08. The molecule has 17 heavy (non-hydrogen) atoms. The molecule has 0 bridgehead atoms. The maximum absolute atomic E-state index is 6.32. The first-order valence-corrected chi connectivity index (χ1v) is 7.66. The van der Waals surface area contributed by atoms with Crippen LogP contribution in [-0.4, -0.2) is 0 Å². The third-order valence-electron chi connectivity index (χ3n) is 2.78. The van der Waals surface area contributed by atoms with Crippen LogP contribution in [0.25, 0.3) is 0 Å². The van der Waals surface area contributed by atoms with Gasteiger partial charge in [0, 0.05) is 9.35 Å². The van der Waals surface area contributed by atoms with Gasteiger partial charge in [0.05, 0.1) is 9.83 Å². The Labute approximate surface area is 122 Å². The van der Waals surface area contributed by atoms with Crippen molar-refractivity contribution in [3.05, 3.63) is 54.1 Å². The molecule has 2 aromatic rings. The summed E-state index contributed by atoms with van der Waals surface area (Å²) in [4.78, 5) is 1.18. The van der Waals surface area contributed by atoms with Gasteiger partial charge in [0.15, 0.2) is 0 Å². The van der Waals surface area contributed by atoms with E-state index in [0.29, 0.717) is 0 Å². The lowest BCUT2D eigenvalue weighted by Gasteiger charge is -2.15. The summed E-state index contributed by atoms with van der Waals surface area (Å²) in [6, 6.07) is 8.38. The molecule has 0 saturated heterocycles. The van der Waals surface area contributed by atoms with Crippen LogP contribution in [0, 0.1) is 13.8 Å². The summed E-state index contributed by atoms with van der Waals surface area (Å²) in [6.07, 6.45) is 0. The Morgan fingerprint density at radius 3 is 2.41 bits per heavy atom. The first-order valence-electron chi connectivity index (χ1n) is 5.26. The highest BCUT2D eigenvalue weighted by Gasteiger charge is 2.14. The summed E-state index contributed by atoms with van der Waals surface area (Å²) in [5.74, 6) is 0.